The van der Waals surface area contributed by atoms with Crippen LogP contribution in [0.15, 0.2) is 16.6 Å². The van der Waals surface area contributed by atoms with E-state index in [1.807, 2.05) is 0 Å². The van der Waals surface area contributed by atoms with E-state index in [4.69, 9.17) is 5.11 Å². The van der Waals surface area contributed by atoms with Crippen LogP contribution in [0.2, 0.25) is 0 Å². The molecule has 0 aliphatic rings. The van der Waals surface area contributed by atoms with E-state index in [1.54, 1.807) is 20.8 Å². The number of hydrogen-bond acceptors (Lipinski definition) is 3. The molecule has 0 fully saturated rings. The molecule has 1 aromatic heterocycles. The van der Waals surface area contributed by atoms with E-state index in [2.05, 4.69) is 26.2 Å². The van der Waals surface area contributed by atoms with Crippen LogP contribution in [0.3, 0.4) is 0 Å². The quantitative estimate of drug-likeness (QED) is 0.835. The van der Waals surface area contributed by atoms with Gasteiger partial charge in [0.25, 0.3) is 0 Å². The first-order chi connectivity index (χ1) is 9.62. The van der Waals surface area contributed by atoms with Gasteiger partial charge in [0.15, 0.2) is 5.69 Å². The second kappa shape index (κ2) is 5.18. The third-order valence-corrected chi connectivity index (χ3v) is 3.41. The van der Waals surface area contributed by atoms with Crippen molar-refractivity contribution in [3.8, 4) is 5.69 Å². The average molecular weight is 360 g/mol. The van der Waals surface area contributed by atoms with Crippen molar-refractivity contribution in [2.75, 3.05) is 0 Å². The first-order valence-corrected chi connectivity index (χ1v) is 6.76. The minimum Gasteiger partial charge on any atom is -0.476 e. The highest BCUT2D eigenvalue weighted by Gasteiger charge is 2.30. The van der Waals surface area contributed by atoms with Crippen LogP contribution in [0, 0.1) is 11.6 Å². The van der Waals surface area contributed by atoms with Crippen LogP contribution < -0.4 is 0 Å². The summed E-state index contributed by atoms with van der Waals surface area (Å²) in [5.74, 6) is -2.70. The molecule has 2 aromatic rings. The van der Waals surface area contributed by atoms with Crippen molar-refractivity contribution in [2.45, 2.75) is 26.2 Å². The van der Waals surface area contributed by atoms with Gasteiger partial charge in [-0.05, 0) is 22.0 Å². The van der Waals surface area contributed by atoms with Gasteiger partial charge in [0.05, 0.1) is 10.2 Å². The van der Waals surface area contributed by atoms with Crippen molar-refractivity contribution in [3.05, 3.63) is 39.6 Å². The fourth-order valence-electron chi connectivity index (χ4n) is 1.94. The van der Waals surface area contributed by atoms with Crippen molar-refractivity contribution in [3.63, 3.8) is 0 Å². The maximum atomic E-state index is 14.1. The predicted molar refractivity (Wildman–Crippen MR) is 74.6 cm³/mol. The molecule has 0 unspecified atom stereocenters. The summed E-state index contributed by atoms with van der Waals surface area (Å²) in [6, 6.07) is 1.90. The van der Waals surface area contributed by atoms with Crippen LogP contribution in [0.5, 0.6) is 0 Å². The van der Waals surface area contributed by atoms with Crippen molar-refractivity contribution in [2.24, 2.45) is 0 Å². The fourth-order valence-corrected chi connectivity index (χ4v) is 2.26. The Morgan fingerprint density at radius 2 is 1.90 bits per heavy atom. The van der Waals surface area contributed by atoms with Gasteiger partial charge in [-0.25, -0.2) is 18.3 Å². The molecule has 112 valence electrons. The second-order valence-corrected chi connectivity index (χ2v) is 6.33. The predicted octanol–water partition coefficient (Wildman–Crippen LogP) is 3.30. The number of hydrogen-bond donors (Lipinski definition) is 1. The molecule has 0 atom stereocenters. The number of carbonyl (C=O) groups is 1. The van der Waals surface area contributed by atoms with Gasteiger partial charge in [-0.2, -0.15) is 0 Å². The van der Waals surface area contributed by atoms with Crippen LogP contribution >= 0.6 is 15.9 Å². The Labute approximate surface area is 127 Å². The Bertz CT molecular complexity index is 723. The summed E-state index contributed by atoms with van der Waals surface area (Å²) in [5.41, 5.74) is -0.964. The van der Waals surface area contributed by atoms with E-state index in [9.17, 15) is 13.6 Å². The van der Waals surface area contributed by atoms with Gasteiger partial charge >= 0.3 is 5.97 Å². The molecular formula is C13H12BrF2N3O2. The molecular weight excluding hydrogens is 348 g/mol. The minimum atomic E-state index is -1.27. The lowest BCUT2D eigenvalue weighted by molar-refractivity contribution is 0.0687. The Kier molecular flexibility index (Phi) is 3.83. The summed E-state index contributed by atoms with van der Waals surface area (Å²) < 4.78 is 28.7. The molecule has 0 aliphatic carbocycles. The van der Waals surface area contributed by atoms with Gasteiger partial charge in [0, 0.05) is 11.5 Å². The van der Waals surface area contributed by atoms with Gasteiger partial charge in [-0.3, -0.25) is 0 Å². The lowest BCUT2D eigenvalue weighted by Crippen LogP contribution is -2.21. The lowest BCUT2D eigenvalue weighted by Gasteiger charge is -2.20. The van der Waals surface area contributed by atoms with E-state index >= 15 is 0 Å². The highest BCUT2D eigenvalue weighted by Crippen LogP contribution is 2.29. The van der Waals surface area contributed by atoms with Gasteiger partial charge in [-0.1, -0.05) is 26.0 Å². The molecule has 1 N–H and O–H groups in total. The summed E-state index contributed by atoms with van der Waals surface area (Å²) in [4.78, 5) is 11.2. The molecule has 1 aromatic carbocycles. The summed E-state index contributed by atoms with van der Waals surface area (Å²) in [7, 11) is 0. The Morgan fingerprint density at radius 1 is 1.29 bits per heavy atom. The fraction of sp³-hybridized carbons (Fsp3) is 0.308. The molecule has 21 heavy (non-hydrogen) atoms. The number of halogens is 3. The smallest absolute Gasteiger partial charge is 0.358 e. The van der Waals surface area contributed by atoms with Crippen molar-refractivity contribution >= 4 is 21.9 Å². The number of nitrogens with zero attached hydrogens (tertiary/aromatic N) is 3. The molecule has 5 nitrogen and oxygen atoms in total. The number of benzene rings is 1. The van der Waals surface area contributed by atoms with Gasteiger partial charge < -0.3 is 5.11 Å². The summed E-state index contributed by atoms with van der Waals surface area (Å²) in [5, 5.41) is 16.4. The summed E-state index contributed by atoms with van der Waals surface area (Å²) in [6.07, 6.45) is 0. The number of aromatic nitrogens is 3. The number of carboxylic acids is 1. The standard InChI is InChI=1S/C13H12BrF2N3O2/c1-13(2,3)11-10(12(20)21)17-18-19(11)9-5-7(15)6(14)4-8(9)16/h4-5H,1-3H3,(H,20,21). The largest absolute Gasteiger partial charge is 0.476 e. The molecule has 0 spiro atoms. The molecule has 0 amide bonds. The SMILES string of the molecule is CC(C)(C)c1c(C(=O)O)nnn1-c1cc(F)c(Br)cc1F. The van der Waals surface area contributed by atoms with E-state index < -0.39 is 23.0 Å². The molecule has 0 bridgehead atoms. The Morgan fingerprint density at radius 3 is 2.43 bits per heavy atom. The van der Waals surface area contributed by atoms with E-state index in [1.165, 1.54) is 0 Å². The van der Waals surface area contributed by atoms with Crippen molar-refractivity contribution < 1.29 is 18.7 Å². The van der Waals surface area contributed by atoms with Crippen LogP contribution in [-0.2, 0) is 5.41 Å². The van der Waals surface area contributed by atoms with Crippen molar-refractivity contribution in [1.29, 1.82) is 0 Å². The molecule has 0 saturated carbocycles. The molecule has 8 heteroatoms. The zero-order valence-electron chi connectivity index (χ0n) is 11.5. The lowest BCUT2D eigenvalue weighted by atomic mass is 9.90. The minimum absolute atomic E-state index is 0.0281. The average Bonchev–Trinajstić information content (AvgIpc) is 2.78. The summed E-state index contributed by atoms with van der Waals surface area (Å²) >= 11 is 2.88. The number of aromatic carboxylic acids is 1. The molecule has 0 radical (unpaired) electrons. The van der Waals surface area contributed by atoms with E-state index in [-0.39, 0.29) is 21.5 Å². The molecule has 0 saturated heterocycles. The second-order valence-electron chi connectivity index (χ2n) is 5.47. The normalized spacial score (nSPS) is 11.7. The zero-order chi connectivity index (χ0) is 15.9. The third kappa shape index (κ3) is 2.80. The summed E-state index contributed by atoms with van der Waals surface area (Å²) in [6.45, 7) is 5.21. The Hall–Kier alpha value is -1.83. The van der Waals surface area contributed by atoms with Crippen LogP contribution in [-0.4, -0.2) is 26.1 Å². The maximum Gasteiger partial charge on any atom is 0.358 e. The third-order valence-electron chi connectivity index (χ3n) is 2.80. The highest BCUT2D eigenvalue weighted by molar-refractivity contribution is 9.10. The Balaban J connectivity index is 2.77. The van der Waals surface area contributed by atoms with Crippen LogP contribution in [0.4, 0.5) is 8.78 Å². The number of carboxylic acid groups (broad SMARTS) is 1. The first kappa shape index (κ1) is 15.6. The van der Waals surface area contributed by atoms with Gasteiger partial charge in [0.1, 0.15) is 17.3 Å². The molecule has 0 aliphatic heterocycles. The van der Waals surface area contributed by atoms with Crippen molar-refractivity contribution in [1.82, 2.24) is 15.0 Å². The molecule has 2 rings (SSSR count). The van der Waals surface area contributed by atoms with E-state index in [0.29, 0.717) is 0 Å². The van der Waals surface area contributed by atoms with Crippen LogP contribution in [0.1, 0.15) is 37.0 Å². The van der Waals surface area contributed by atoms with Gasteiger partial charge in [-0.15, -0.1) is 5.10 Å². The maximum absolute atomic E-state index is 14.1. The van der Waals surface area contributed by atoms with Gasteiger partial charge in [0.2, 0.25) is 0 Å². The topological polar surface area (TPSA) is 68.0 Å². The van der Waals surface area contributed by atoms with E-state index in [0.717, 1.165) is 16.8 Å². The number of rotatable bonds is 2. The highest BCUT2D eigenvalue weighted by atomic mass is 79.9. The molecule has 1 heterocycles. The zero-order valence-corrected chi connectivity index (χ0v) is 13.1. The van der Waals surface area contributed by atoms with Crippen LogP contribution in [0.25, 0.3) is 5.69 Å². The monoisotopic (exact) mass is 359 g/mol. The first-order valence-electron chi connectivity index (χ1n) is 5.97.